The minimum absolute atomic E-state index is 0.0632. The summed E-state index contributed by atoms with van der Waals surface area (Å²) < 4.78 is 0. The molecule has 132 valence electrons. The highest BCUT2D eigenvalue weighted by molar-refractivity contribution is 6.06. The lowest BCUT2D eigenvalue weighted by Crippen LogP contribution is -2.30. The van der Waals surface area contributed by atoms with Crippen molar-refractivity contribution in [3.05, 3.63) is 47.4 Å². The lowest BCUT2D eigenvalue weighted by molar-refractivity contribution is 0.0984. The van der Waals surface area contributed by atoms with Crippen LogP contribution in [-0.4, -0.2) is 54.5 Å². The maximum absolute atomic E-state index is 12.9. The zero-order valence-electron chi connectivity index (χ0n) is 15.1. The summed E-state index contributed by atoms with van der Waals surface area (Å²) in [7, 11) is 4.11. The van der Waals surface area contributed by atoms with Crippen LogP contribution in [0.5, 0.6) is 0 Å². The van der Waals surface area contributed by atoms with Crippen LogP contribution < -0.4 is 10.2 Å². The number of aryl methyl sites for hydroxylation is 1. The van der Waals surface area contributed by atoms with Crippen LogP contribution in [0, 0.1) is 6.92 Å². The molecular weight excluding hydrogens is 314 g/mol. The zero-order valence-corrected chi connectivity index (χ0v) is 15.1. The lowest BCUT2D eigenvalue weighted by Gasteiger charge is -2.17. The van der Waals surface area contributed by atoms with E-state index in [2.05, 4.69) is 40.3 Å². The molecule has 1 aromatic carbocycles. The molecule has 0 fully saturated rings. The second-order valence-electron chi connectivity index (χ2n) is 6.60. The van der Waals surface area contributed by atoms with Crippen molar-refractivity contribution in [2.45, 2.75) is 19.8 Å². The highest BCUT2D eigenvalue weighted by Gasteiger charge is 2.26. The van der Waals surface area contributed by atoms with Gasteiger partial charge in [-0.05, 0) is 52.0 Å². The number of para-hydroxylation sites is 1. The Morgan fingerprint density at radius 1 is 1.28 bits per heavy atom. The average Bonchev–Trinajstić information content (AvgIpc) is 3.01. The largest absolute Gasteiger partial charge is 0.370 e. The number of anilines is 2. The Hall–Kier alpha value is -2.47. The molecule has 1 amide bonds. The normalized spacial score (nSPS) is 13.2. The predicted molar refractivity (Wildman–Crippen MR) is 100 cm³/mol. The van der Waals surface area contributed by atoms with Gasteiger partial charge in [-0.2, -0.15) is 0 Å². The molecule has 3 rings (SSSR count). The molecule has 2 heterocycles. The molecule has 25 heavy (non-hydrogen) atoms. The highest BCUT2D eigenvalue weighted by atomic mass is 16.2. The number of carbonyl (C=O) groups is 1. The molecule has 1 aliphatic heterocycles. The Morgan fingerprint density at radius 3 is 2.88 bits per heavy atom. The first kappa shape index (κ1) is 17.4. The molecule has 1 aliphatic rings. The van der Waals surface area contributed by atoms with Crippen molar-refractivity contribution in [3.63, 3.8) is 0 Å². The summed E-state index contributed by atoms with van der Waals surface area (Å²) in [5.41, 5.74) is 2.65. The maximum Gasteiger partial charge on any atom is 0.277 e. The Morgan fingerprint density at radius 2 is 2.08 bits per heavy atom. The van der Waals surface area contributed by atoms with Gasteiger partial charge < -0.3 is 15.1 Å². The van der Waals surface area contributed by atoms with Crippen molar-refractivity contribution >= 4 is 17.4 Å². The molecular formula is C19H25N5O. The number of hydrogen-bond donors (Lipinski definition) is 1. The van der Waals surface area contributed by atoms with Gasteiger partial charge in [-0.1, -0.05) is 18.2 Å². The molecule has 1 N–H and O–H groups in total. The summed E-state index contributed by atoms with van der Waals surface area (Å²) in [5, 5.41) is 3.30. The van der Waals surface area contributed by atoms with Gasteiger partial charge in [-0.25, -0.2) is 9.97 Å². The van der Waals surface area contributed by atoms with Crippen molar-refractivity contribution in [1.29, 1.82) is 0 Å². The van der Waals surface area contributed by atoms with E-state index in [1.165, 1.54) is 5.56 Å². The van der Waals surface area contributed by atoms with Crippen LogP contribution in [0.15, 0.2) is 30.3 Å². The van der Waals surface area contributed by atoms with Crippen LogP contribution in [0.4, 0.5) is 11.5 Å². The van der Waals surface area contributed by atoms with Crippen molar-refractivity contribution in [2.24, 2.45) is 0 Å². The van der Waals surface area contributed by atoms with Gasteiger partial charge in [-0.3, -0.25) is 4.79 Å². The first-order valence-electron chi connectivity index (χ1n) is 8.68. The number of benzene rings is 1. The first-order valence-corrected chi connectivity index (χ1v) is 8.68. The number of nitrogens with zero attached hydrogens (tertiary/aromatic N) is 4. The van der Waals surface area contributed by atoms with E-state index in [0.717, 1.165) is 31.6 Å². The summed E-state index contributed by atoms with van der Waals surface area (Å²) >= 11 is 0. The maximum atomic E-state index is 12.9. The topological polar surface area (TPSA) is 61.4 Å². The third-order valence-corrected chi connectivity index (χ3v) is 4.28. The monoisotopic (exact) mass is 339 g/mol. The number of rotatable bonds is 6. The van der Waals surface area contributed by atoms with Crippen LogP contribution >= 0.6 is 0 Å². The first-order chi connectivity index (χ1) is 12.0. The van der Waals surface area contributed by atoms with E-state index in [1.807, 2.05) is 30.0 Å². The third-order valence-electron chi connectivity index (χ3n) is 4.28. The highest BCUT2D eigenvalue weighted by Crippen LogP contribution is 2.28. The van der Waals surface area contributed by atoms with Crippen molar-refractivity contribution in [3.8, 4) is 0 Å². The smallest absolute Gasteiger partial charge is 0.277 e. The average molecular weight is 339 g/mol. The van der Waals surface area contributed by atoms with E-state index < -0.39 is 0 Å². The molecule has 0 radical (unpaired) electrons. The Kier molecular flexibility index (Phi) is 5.28. The number of hydrogen-bond acceptors (Lipinski definition) is 5. The number of fused-ring (bicyclic) bond motifs is 1. The molecule has 6 nitrogen and oxygen atoms in total. The van der Waals surface area contributed by atoms with Crippen LogP contribution in [0.25, 0.3) is 0 Å². The second-order valence-corrected chi connectivity index (χ2v) is 6.60. The summed E-state index contributed by atoms with van der Waals surface area (Å²) in [6, 6.07) is 9.80. The fraction of sp³-hybridized carbons (Fsp3) is 0.421. The molecule has 1 aromatic heterocycles. The Bertz CT molecular complexity index is 759. The summed E-state index contributed by atoms with van der Waals surface area (Å²) in [6.45, 7) is 4.34. The minimum Gasteiger partial charge on any atom is -0.370 e. The van der Waals surface area contributed by atoms with Gasteiger partial charge in [-0.15, -0.1) is 0 Å². The third kappa shape index (κ3) is 4.14. The predicted octanol–water partition coefficient (Wildman–Crippen LogP) is 2.35. The van der Waals surface area contributed by atoms with E-state index in [4.69, 9.17) is 0 Å². The van der Waals surface area contributed by atoms with Crippen molar-refractivity contribution in [1.82, 2.24) is 14.9 Å². The van der Waals surface area contributed by atoms with Crippen LogP contribution in [0.3, 0.4) is 0 Å². The van der Waals surface area contributed by atoms with E-state index >= 15 is 0 Å². The standard InChI is InChI=1S/C19H25N5O/c1-14-21-16(13-18(22-14)20-10-6-11-23(2)3)19(25)24-12-9-15-7-4-5-8-17(15)24/h4-5,7-8,13H,6,9-12H2,1-3H3,(H,20,21,22). The molecule has 0 spiro atoms. The molecule has 0 unspecified atom stereocenters. The second kappa shape index (κ2) is 7.61. The SMILES string of the molecule is Cc1nc(NCCCN(C)C)cc(C(=O)N2CCc3ccccc32)n1. The molecule has 0 saturated carbocycles. The van der Waals surface area contributed by atoms with E-state index in [1.54, 1.807) is 6.07 Å². The number of amides is 1. The van der Waals surface area contributed by atoms with Gasteiger partial charge >= 0.3 is 0 Å². The van der Waals surface area contributed by atoms with Gasteiger partial charge in [0.1, 0.15) is 17.3 Å². The van der Waals surface area contributed by atoms with Crippen molar-refractivity contribution in [2.75, 3.05) is 43.9 Å². The summed E-state index contributed by atoms with van der Waals surface area (Å²) in [4.78, 5) is 25.6. The molecule has 0 atom stereocenters. The molecule has 6 heteroatoms. The molecule has 0 aliphatic carbocycles. The van der Waals surface area contributed by atoms with Crippen molar-refractivity contribution < 1.29 is 4.79 Å². The van der Waals surface area contributed by atoms with Crippen LogP contribution in [0.1, 0.15) is 28.3 Å². The van der Waals surface area contributed by atoms with Gasteiger partial charge in [0, 0.05) is 24.8 Å². The van der Waals surface area contributed by atoms with Gasteiger partial charge in [0.05, 0.1) is 0 Å². The van der Waals surface area contributed by atoms with Crippen LogP contribution in [0.2, 0.25) is 0 Å². The minimum atomic E-state index is -0.0632. The van der Waals surface area contributed by atoms with Gasteiger partial charge in [0.25, 0.3) is 5.91 Å². The fourth-order valence-electron chi connectivity index (χ4n) is 3.07. The van der Waals surface area contributed by atoms with E-state index in [9.17, 15) is 4.79 Å². The van der Waals surface area contributed by atoms with E-state index in [-0.39, 0.29) is 5.91 Å². The fourth-order valence-corrected chi connectivity index (χ4v) is 3.07. The zero-order chi connectivity index (χ0) is 17.8. The van der Waals surface area contributed by atoms with Crippen LogP contribution in [-0.2, 0) is 6.42 Å². The molecule has 0 bridgehead atoms. The Labute approximate surface area is 148 Å². The molecule has 2 aromatic rings. The lowest BCUT2D eigenvalue weighted by atomic mass is 10.2. The summed E-state index contributed by atoms with van der Waals surface area (Å²) in [5.74, 6) is 1.25. The summed E-state index contributed by atoms with van der Waals surface area (Å²) in [6.07, 6.45) is 1.90. The number of carbonyl (C=O) groups excluding carboxylic acids is 1. The Balaban J connectivity index is 1.73. The number of aromatic nitrogens is 2. The molecule has 0 saturated heterocycles. The van der Waals surface area contributed by atoms with Gasteiger partial charge in [0.15, 0.2) is 0 Å². The van der Waals surface area contributed by atoms with Gasteiger partial charge in [0.2, 0.25) is 0 Å². The number of nitrogens with one attached hydrogen (secondary N) is 1. The quantitative estimate of drug-likeness (QED) is 0.819. The van der Waals surface area contributed by atoms with E-state index in [0.29, 0.717) is 23.9 Å².